The molecule has 0 atom stereocenters. The lowest BCUT2D eigenvalue weighted by atomic mass is 10.0. The Morgan fingerprint density at radius 1 is 1.20 bits per heavy atom. The molecule has 1 aromatic rings. The number of methoxy groups -OCH3 is 1. The number of nitrogens with zero attached hydrogens (tertiary/aromatic N) is 1. The molecule has 0 spiro atoms. The van der Waals surface area contributed by atoms with Crippen LogP contribution in [0.2, 0.25) is 0 Å². The number of carbonyl (C=O) groups is 1. The molecule has 0 saturated carbocycles. The second-order valence-corrected chi connectivity index (χ2v) is 4.62. The number of aromatic carboxylic acids is 1. The number of carboxylic acid groups (broad SMARTS) is 1. The van der Waals surface area contributed by atoms with Crippen molar-refractivity contribution in [1.82, 2.24) is 4.90 Å². The molecule has 5 nitrogen and oxygen atoms in total. The first-order valence-electron chi connectivity index (χ1n) is 6.71. The Balaban J connectivity index is 2.30. The van der Waals surface area contributed by atoms with Gasteiger partial charge >= 0.3 is 5.97 Å². The quantitative estimate of drug-likeness (QED) is 0.659. The molecule has 1 N–H and O–H groups in total. The summed E-state index contributed by atoms with van der Waals surface area (Å²) < 4.78 is 10.3. The highest BCUT2D eigenvalue weighted by Gasteiger charge is 2.09. The molecular formula is C15H23NO4. The number of carboxylic acids is 1. The summed E-state index contributed by atoms with van der Waals surface area (Å²) in [5.41, 5.74) is 1.25. The van der Waals surface area contributed by atoms with Gasteiger partial charge in [-0.15, -0.1) is 0 Å². The van der Waals surface area contributed by atoms with E-state index in [0.717, 1.165) is 25.1 Å². The predicted molar refractivity (Wildman–Crippen MR) is 77.3 cm³/mol. The molecule has 1 rings (SSSR count). The van der Waals surface area contributed by atoms with Gasteiger partial charge in [0.05, 0.1) is 25.4 Å². The van der Waals surface area contributed by atoms with Crippen LogP contribution in [0.15, 0.2) is 24.3 Å². The standard InChI is InChI=1S/C15H23NO4/c1-16(9-10-20-12-11-19-2)8-7-13-5-3-4-6-14(13)15(17)18/h3-6H,7-12H2,1-2H3,(H,17,18). The minimum atomic E-state index is -0.869. The maximum atomic E-state index is 11.1. The lowest BCUT2D eigenvalue weighted by Gasteiger charge is -2.17. The predicted octanol–water partition coefficient (Wildman–Crippen LogP) is 1.52. The van der Waals surface area contributed by atoms with E-state index in [4.69, 9.17) is 14.6 Å². The fourth-order valence-corrected chi connectivity index (χ4v) is 1.83. The SMILES string of the molecule is COCCOCCN(C)CCc1ccccc1C(=O)O. The van der Waals surface area contributed by atoms with Gasteiger partial charge in [0.2, 0.25) is 0 Å². The Labute approximate surface area is 120 Å². The molecule has 0 fully saturated rings. The van der Waals surface area contributed by atoms with Crippen LogP contribution in [0, 0.1) is 0 Å². The van der Waals surface area contributed by atoms with Crippen LogP contribution in [0.5, 0.6) is 0 Å². The fourth-order valence-electron chi connectivity index (χ4n) is 1.83. The minimum absolute atomic E-state index is 0.386. The molecule has 0 aromatic heterocycles. The van der Waals surface area contributed by atoms with E-state index >= 15 is 0 Å². The second kappa shape index (κ2) is 9.47. The molecule has 0 aliphatic heterocycles. The zero-order valence-corrected chi connectivity index (χ0v) is 12.2. The van der Waals surface area contributed by atoms with Crippen LogP contribution < -0.4 is 0 Å². The highest BCUT2D eigenvalue weighted by atomic mass is 16.5. The van der Waals surface area contributed by atoms with Crippen LogP contribution in [-0.4, -0.2) is 63.0 Å². The average molecular weight is 281 g/mol. The average Bonchev–Trinajstić information content (AvgIpc) is 2.45. The van der Waals surface area contributed by atoms with Gasteiger partial charge in [-0.3, -0.25) is 0 Å². The zero-order valence-electron chi connectivity index (χ0n) is 12.2. The number of likely N-dealkylation sites (N-methyl/N-ethyl adjacent to an activating group) is 1. The van der Waals surface area contributed by atoms with Crippen molar-refractivity contribution in [2.24, 2.45) is 0 Å². The van der Waals surface area contributed by atoms with Gasteiger partial charge in [0, 0.05) is 20.2 Å². The molecular weight excluding hydrogens is 258 g/mol. The van der Waals surface area contributed by atoms with Crippen molar-refractivity contribution in [2.75, 3.05) is 47.1 Å². The van der Waals surface area contributed by atoms with E-state index in [0.29, 0.717) is 25.4 Å². The van der Waals surface area contributed by atoms with Crippen molar-refractivity contribution in [3.8, 4) is 0 Å². The van der Waals surface area contributed by atoms with Crippen molar-refractivity contribution in [1.29, 1.82) is 0 Å². The van der Waals surface area contributed by atoms with E-state index in [2.05, 4.69) is 4.90 Å². The first kappa shape index (κ1) is 16.6. The van der Waals surface area contributed by atoms with Gasteiger partial charge in [0.15, 0.2) is 0 Å². The number of hydrogen-bond donors (Lipinski definition) is 1. The maximum Gasteiger partial charge on any atom is 0.335 e. The maximum absolute atomic E-state index is 11.1. The molecule has 0 saturated heterocycles. The van der Waals surface area contributed by atoms with Crippen molar-refractivity contribution in [2.45, 2.75) is 6.42 Å². The lowest BCUT2D eigenvalue weighted by molar-refractivity contribution is 0.0607. The zero-order chi connectivity index (χ0) is 14.8. The van der Waals surface area contributed by atoms with Crippen molar-refractivity contribution >= 4 is 5.97 Å². The highest BCUT2D eigenvalue weighted by molar-refractivity contribution is 5.89. The number of hydrogen-bond acceptors (Lipinski definition) is 4. The smallest absolute Gasteiger partial charge is 0.335 e. The Morgan fingerprint density at radius 3 is 2.65 bits per heavy atom. The Bertz CT molecular complexity index is 409. The van der Waals surface area contributed by atoms with Crippen LogP contribution in [0.3, 0.4) is 0 Å². The monoisotopic (exact) mass is 281 g/mol. The Hall–Kier alpha value is -1.43. The summed E-state index contributed by atoms with van der Waals surface area (Å²) in [7, 11) is 3.65. The molecule has 0 bridgehead atoms. The van der Waals surface area contributed by atoms with Crippen LogP contribution in [0.4, 0.5) is 0 Å². The number of benzene rings is 1. The molecule has 112 valence electrons. The summed E-state index contributed by atoms with van der Waals surface area (Å²) in [6, 6.07) is 7.13. The largest absolute Gasteiger partial charge is 0.478 e. The van der Waals surface area contributed by atoms with E-state index < -0.39 is 5.97 Å². The Morgan fingerprint density at radius 2 is 1.95 bits per heavy atom. The molecule has 1 aromatic carbocycles. The summed E-state index contributed by atoms with van der Waals surface area (Å²) in [6.45, 7) is 3.49. The Kier molecular flexibility index (Phi) is 7.87. The van der Waals surface area contributed by atoms with Gasteiger partial charge in [-0.25, -0.2) is 4.79 Å². The summed E-state index contributed by atoms with van der Waals surface area (Å²) in [5.74, 6) is -0.869. The van der Waals surface area contributed by atoms with Gasteiger partial charge in [-0.05, 0) is 25.1 Å². The van der Waals surface area contributed by atoms with E-state index in [1.54, 1.807) is 19.2 Å². The first-order valence-corrected chi connectivity index (χ1v) is 6.71. The normalized spacial score (nSPS) is 10.9. The number of ether oxygens (including phenoxy) is 2. The third-order valence-electron chi connectivity index (χ3n) is 3.06. The van der Waals surface area contributed by atoms with Crippen molar-refractivity contribution < 1.29 is 19.4 Å². The molecule has 5 heteroatoms. The van der Waals surface area contributed by atoms with Crippen molar-refractivity contribution in [3.63, 3.8) is 0 Å². The third-order valence-corrected chi connectivity index (χ3v) is 3.06. The topological polar surface area (TPSA) is 59.0 Å². The fraction of sp³-hybridized carbons (Fsp3) is 0.533. The summed E-state index contributed by atoms with van der Waals surface area (Å²) >= 11 is 0. The third kappa shape index (κ3) is 6.14. The van der Waals surface area contributed by atoms with Gasteiger partial charge in [0.1, 0.15) is 0 Å². The van der Waals surface area contributed by atoms with Crippen molar-refractivity contribution in [3.05, 3.63) is 35.4 Å². The molecule has 20 heavy (non-hydrogen) atoms. The van der Waals surface area contributed by atoms with Crippen LogP contribution in [0.25, 0.3) is 0 Å². The van der Waals surface area contributed by atoms with E-state index in [1.807, 2.05) is 19.2 Å². The van der Waals surface area contributed by atoms with Gasteiger partial charge in [-0.2, -0.15) is 0 Å². The minimum Gasteiger partial charge on any atom is -0.478 e. The van der Waals surface area contributed by atoms with Crippen LogP contribution in [0.1, 0.15) is 15.9 Å². The first-order chi connectivity index (χ1) is 9.65. The molecule has 0 heterocycles. The number of rotatable bonds is 10. The van der Waals surface area contributed by atoms with E-state index in [-0.39, 0.29) is 0 Å². The molecule has 0 radical (unpaired) electrons. The van der Waals surface area contributed by atoms with E-state index in [9.17, 15) is 4.79 Å². The van der Waals surface area contributed by atoms with Gasteiger partial charge in [0.25, 0.3) is 0 Å². The summed E-state index contributed by atoms with van der Waals surface area (Å²) in [6.07, 6.45) is 0.719. The van der Waals surface area contributed by atoms with Gasteiger partial charge in [-0.1, -0.05) is 18.2 Å². The molecule has 0 unspecified atom stereocenters. The second-order valence-electron chi connectivity index (χ2n) is 4.62. The van der Waals surface area contributed by atoms with E-state index in [1.165, 1.54) is 0 Å². The summed E-state index contributed by atoms with van der Waals surface area (Å²) in [5, 5.41) is 9.11. The summed E-state index contributed by atoms with van der Waals surface area (Å²) in [4.78, 5) is 13.2. The molecule has 0 aliphatic rings. The molecule has 0 aliphatic carbocycles. The molecule has 0 amide bonds. The van der Waals surface area contributed by atoms with Crippen LogP contribution >= 0.6 is 0 Å². The lowest BCUT2D eigenvalue weighted by Crippen LogP contribution is -2.26. The van der Waals surface area contributed by atoms with Crippen LogP contribution in [-0.2, 0) is 15.9 Å². The highest BCUT2D eigenvalue weighted by Crippen LogP contribution is 2.09. The van der Waals surface area contributed by atoms with Gasteiger partial charge < -0.3 is 19.5 Å².